The molecule has 176 valence electrons. The number of aromatic nitrogens is 1. The summed E-state index contributed by atoms with van der Waals surface area (Å²) in [5, 5.41) is 0. The van der Waals surface area contributed by atoms with Crippen molar-refractivity contribution >= 4 is 17.3 Å². The van der Waals surface area contributed by atoms with Crippen molar-refractivity contribution in [2.75, 3.05) is 38.0 Å². The average molecular weight is 466 g/mol. The van der Waals surface area contributed by atoms with Crippen LogP contribution in [0.25, 0.3) is 0 Å². The summed E-state index contributed by atoms with van der Waals surface area (Å²) in [6.45, 7) is 0. The number of para-hydroxylation sites is 1. The van der Waals surface area contributed by atoms with E-state index in [2.05, 4.69) is 4.98 Å². The predicted octanol–water partition coefficient (Wildman–Crippen LogP) is 5.47. The Kier molecular flexibility index (Phi) is 5.65. The Morgan fingerprint density at radius 1 is 0.800 bits per heavy atom. The van der Waals surface area contributed by atoms with Crippen molar-refractivity contribution in [3.8, 4) is 11.5 Å². The van der Waals surface area contributed by atoms with Crippen molar-refractivity contribution in [1.29, 1.82) is 0 Å². The zero-order chi connectivity index (χ0) is 24.6. The largest absolute Gasteiger partial charge is 0.457 e. The van der Waals surface area contributed by atoms with E-state index in [1.807, 2.05) is 111 Å². The second kappa shape index (κ2) is 8.80. The van der Waals surface area contributed by atoms with Gasteiger partial charge < -0.3 is 19.3 Å². The number of cyclic esters (lactones) is 1. The van der Waals surface area contributed by atoms with Gasteiger partial charge in [0, 0.05) is 63.0 Å². The van der Waals surface area contributed by atoms with Gasteiger partial charge in [-0.05, 0) is 48.5 Å². The molecule has 1 aliphatic rings. The van der Waals surface area contributed by atoms with E-state index in [0.29, 0.717) is 28.3 Å². The molecule has 0 radical (unpaired) electrons. The number of ether oxygens (including phenoxy) is 2. The highest BCUT2D eigenvalue weighted by Crippen LogP contribution is 2.50. The topological polar surface area (TPSA) is 54.9 Å². The van der Waals surface area contributed by atoms with E-state index in [0.717, 1.165) is 16.9 Å². The van der Waals surface area contributed by atoms with Crippen LogP contribution in [-0.4, -0.2) is 39.1 Å². The lowest BCUT2D eigenvalue weighted by molar-refractivity contribution is 0.0238. The minimum absolute atomic E-state index is 0.410. The molecule has 1 aliphatic heterocycles. The molecule has 4 aromatic rings. The minimum atomic E-state index is -1.26. The summed E-state index contributed by atoms with van der Waals surface area (Å²) in [6, 6.07) is 27.0. The highest BCUT2D eigenvalue weighted by molar-refractivity contribution is 5.95. The van der Waals surface area contributed by atoms with Crippen LogP contribution in [0.2, 0.25) is 0 Å². The number of benzene rings is 3. The molecule has 0 saturated heterocycles. The zero-order valence-corrected chi connectivity index (χ0v) is 20.2. The monoisotopic (exact) mass is 465 g/mol. The Hall–Kier alpha value is -4.32. The van der Waals surface area contributed by atoms with E-state index < -0.39 is 11.6 Å². The maximum Gasteiger partial charge on any atom is 0.341 e. The van der Waals surface area contributed by atoms with Gasteiger partial charge >= 0.3 is 5.97 Å². The lowest BCUT2D eigenvalue weighted by Crippen LogP contribution is -2.31. The van der Waals surface area contributed by atoms with E-state index in [1.165, 1.54) is 0 Å². The fourth-order valence-electron chi connectivity index (χ4n) is 4.40. The van der Waals surface area contributed by atoms with Gasteiger partial charge in [-0.3, -0.25) is 4.98 Å². The van der Waals surface area contributed by atoms with Gasteiger partial charge in [0.05, 0.1) is 5.56 Å². The van der Waals surface area contributed by atoms with Gasteiger partial charge in [0.15, 0.2) is 0 Å². The van der Waals surface area contributed by atoms with Gasteiger partial charge in [0.1, 0.15) is 17.2 Å². The highest BCUT2D eigenvalue weighted by atomic mass is 16.6. The molecule has 1 aromatic heterocycles. The standard InChI is InChI=1S/C29H27N3O3/c1-31(2)21-14-12-20(13-15-21)29(27-24(28(33)35-29)11-8-18-30-27)25-17-16-22(32(3)4)19-26(25)34-23-9-6-5-7-10-23/h5-19H,1-4H3. The van der Waals surface area contributed by atoms with Crippen molar-refractivity contribution in [2.24, 2.45) is 0 Å². The molecule has 1 atom stereocenters. The lowest BCUT2D eigenvalue weighted by Gasteiger charge is -2.31. The number of pyridine rings is 1. The molecule has 35 heavy (non-hydrogen) atoms. The third-order valence-corrected chi connectivity index (χ3v) is 6.23. The quantitative estimate of drug-likeness (QED) is 0.352. The van der Waals surface area contributed by atoms with Crippen molar-refractivity contribution in [3.05, 3.63) is 114 Å². The fourth-order valence-corrected chi connectivity index (χ4v) is 4.40. The van der Waals surface area contributed by atoms with Crippen LogP contribution in [0.3, 0.4) is 0 Å². The van der Waals surface area contributed by atoms with Crippen molar-refractivity contribution in [3.63, 3.8) is 0 Å². The van der Waals surface area contributed by atoms with Crippen LogP contribution in [-0.2, 0) is 10.3 Å². The molecule has 0 bridgehead atoms. The molecule has 0 saturated carbocycles. The Labute approximate surface area is 205 Å². The number of esters is 1. The number of anilines is 2. The summed E-state index contributed by atoms with van der Waals surface area (Å²) in [7, 11) is 7.93. The first-order valence-corrected chi connectivity index (χ1v) is 11.4. The van der Waals surface area contributed by atoms with Gasteiger partial charge in [-0.2, -0.15) is 0 Å². The summed E-state index contributed by atoms with van der Waals surface area (Å²) in [6.07, 6.45) is 1.69. The fraction of sp³-hybridized carbons (Fsp3) is 0.172. The Morgan fingerprint density at radius 2 is 1.49 bits per heavy atom. The third kappa shape index (κ3) is 3.87. The molecule has 3 aromatic carbocycles. The van der Waals surface area contributed by atoms with Crippen LogP contribution in [0, 0.1) is 0 Å². The molecular weight excluding hydrogens is 438 g/mol. The molecule has 0 spiro atoms. The molecule has 0 fully saturated rings. The number of carbonyl (C=O) groups excluding carboxylic acids is 1. The molecule has 6 nitrogen and oxygen atoms in total. The van der Waals surface area contributed by atoms with Crippen LogP contribution in [0.1, 0.15) is 27.2 Å². The number of hydrogen-bond donors (Lipinski definition) is 0. The third-order valence-electron chi connectivity index (χ3n) is 6.23. The van der Waals surface area contributed by atoms with E-state index >= 15 is 0 Å². The maximum atomic E-state index is 13.1. The summed E-state index contributed by atoms with van der Waals surface area (Å²) in [5.41, 5.74) is 3.25. The van der Waals surface area contributed by atoms with Crippen LogP contribution in [0.15, 0.2) is 91.1 Å². The normalized spacial score (nSPS) is 16.4. The first-order chi connectivity index (χ1) is 16.9. The average Bonchev–Trinajstić information content (AvgIpc) is 3.18. The van der Waals surface area contributed by atoms with Gasteiger partial charge in [0.2, 0.25) is 5.60 Å². The van der Waals surface area contributed by atoms with E-state index in [1.54, 1.807) is 18.3 Å². The predicted molar refractivity (Wildman–Crippen MR) is 138 cm³/mol. The first-order valence-electron chi connectivity index (χ1n) is 11.4. The number of fused-ring (bicyclic) bond motifs is 1. The van der Waals surface area contributed by atoms with Crippen LogP contribution >= 0.6 is 0 Å². The molecule has 2 heterocycles. The molecule has 1 unspecified atom stereocenters. The lowest BCUT2D eigenvalue weighted by atomic mass is 9.82. The van der Waals surface area contributed by atoms with E-state index in [9.17, 15) is 4.79 Å². The van der Waals surface area contributed by atoms with Gasteiger partial charge in [0.25, 0.3) is 0 Å². The highest BCUT2D eigenvalue weighted by Gasteiger charge is 2.51. The zero-order valence-electron chi connectivity index (χ0n) is 20.2. The van der Waals surface area contributed by atoms with E-state index in [4.69, 9.17) is 9.47 Å². The molecule has 0 aliphatic carbocycles. The number of rotatable bonds is 6. The minimum Gasteiger partial charge on any atom is -0.457 e. The summed E-state index contributed by atoms with van der Waals surface area (Å²) >= 11 is 0. The van der Waals surface area contributed by atoms with Crippen molar-refractivity contribution < 1.29 is 14.3 Å². The van der Waals surface area contributed by atoms with Gasteiger partial charge in [-0.25, -0.2) is 4.79 Å². The SMILES string of the molecule is CN(C)c1ccc(C2(c3ccc(N(C)C)cc3Oc3ccccc3)OC(=O)c3cccnc32)cc1. The van der Waals surface area contributed by atoms with Crippen molar-refractivity contribution in [1.82, 2.24) is 4.98 Å². The first kappa shape index (κ1) is 22.5. The number of nitrogens with zero attached hydrogens (tertiary/aromatic N) is 3. The number of hydrogen-bond acceptors (Lipinski definition) is 6. The molecular formula is C29H27N3O3. The number of carbonyl (C=O) groups is 1. The van der Waals surface area contributed by atoms with Gasteiger partial charge in [-0.15, -0.1) is 0 Å². The molecule has 0 amide bonds. The Bertz CT molecular complexity index is 1370. The maximum absolute atomic E-state index is 13.1. The van der Waals surface area contributed by atoms with E-state index in [-0.39, 0.29) is 0 Å². The summed E-state index contributed by atoms with van der Waals surface area (Å²) in [4.78, 5) is 21.8. The van der Waals surface area contributed by atoms with Crippen LogP contribution < -0.4 is 14.5 Å². The second-order valence-electron chi connectivity index (χ2n) is 8.90. The second-order valence-corrected chi connectivity index (χ2v) is 8.90. The Morgan fingerprint density at radius 3 is 2.17 bits per heavy atom. The van der Waals surface area contributed by atoms with Crippen LogP contribution in [0.5, 0.6) is 11.5 Å². The Balaban J connectivity index is 1.78. The van der Waals surface area contributed by atoms with Crippen LogP contribution in [0.4, 0.5) is 11.4 Å². The van der Waals surface area contributed by atoms with Crippen molar-refractivity contribution in [2.45, 2.75) is 5.60 Å². The smallest absolute Gasteiger partial charge is 0.341 e. The summed E-state index contributed by atoms with van der Waals surface area (Å²) < 4.78 is 12.7. The summed E-state index contributed by atoms with van der Waals surface area (Å²) in [5.74, 6) is 0.867. The molecule has 6 heteroatoms. The molecule has 5 rings (SSSR count). The molecule has 0 N–H and O–H groups in total. The van der Waals surface area contributed by atoms with Gasteiger partial charge in [-0.1, -0.05) is 30.3 Å².